The summed E-state index contributed by atoms with van der Waals surface area (Å²) in [6.45, 7) is 6.49. The number of hydrogen-bond donors (Lipinski definition) is 0. The molecule has 0 aromatic heterocycles. The van der Waals surface area contributed by atoms with Crippen LogP contribution in [0.2, 0.25) is 0 Å². The van der Waals surface area contributed by atoms with Crippen molar-refractivity contribution in [2.75, 3.05) is 6.61 Å². The zero-order chi connectivity index (χ0) is 17.1. The second kappa shape index (κ2) is 8.80. The molecule has 2 nitrogen and oxygen atoms in total. The van der Waals surface area contributed by atoms with Gasteiger partial charge in [0.1, 0.15) is 6.61 Å². The van der Waals surface area contributed by atoms with E-state index in [4.69, 9.17) is 4.74 Å². The molecule has 0 fully saturated rings. The van der Waals surface area contributed by atoms with Gasteiger partial charge in [-0.1, -0.05) is 26.8 Å². The van der Waals surface area contributed by atoms with Gasteiger partial charge in [-0.25, -0.2) is 4.99 Å². The number of aliphatic imine (C=N–C) groups is 1. The molecule has 2 rings (SSSR count). The standard InChI is InChI=1S/C14H17F3NOP.CH2.2Al/c1-13(2,3)11-7-19-12(18-11)9-6-8(14(15,16)17)4-5-10(9)20;;;/h4-6,11H,7,20H2,1-3H3;1H2;;/t11-;;;/m1.../s1. The van der Waals surface area contributed by atoms with Crippen LogP contribution in [0.4, 0.5) is 13.2 Å². The first kappa shape index (κ1) is 22.8. The summed E-state index contributed by atoms with van der Waals surface area (Å²) in [7, 11) is 2.42. The molecule has 2 atom stereocenters. The van der Waals surface area contributed by atoms with Crippen molar-refractivity contribution in [1.29, 1.82) is 0 Å². The van der Waals surface area contributed by atoms with Crippen molar-refractivity contribution in [2.45, 2.75) is 33.0 Å². The molecule has 0 saturated heterocycles. The van der Waals surface area contributed by atoms with E-state index in [9.17, 15) is 13.2 Å². The third kappa shape index (κ3) is 6.01. The van der Waals surface area contributed by atoms with Gasteiger partial charge in [0.2, 0.25) is 5.90 Å². The Labute approximate surface area is 156 Å². The summed E-state index contributed by atoms with van der Waals surface area (Å²) in [6, 6.07) is 3.52. The molecule has 1 aromatic rings. The first-order chi connectivity index (χ1) is 10.1. The topological polar surface area (TPSA) is 21.6 Å². The van der Waals surface area contributed by atoms with E-state index < -0.39 is 11.7 Å². The summed E-state index contributed by atoms with van der Waals surface area (Å²) in [5.74, 6) is 0.293. The van der Waals surface area contributed by atoms with Crippen molar-refractivity contribution in [2.24, 2.45) is 10.4 Å². The van der Waals surface area contributed by atoms with E-state index in [1.165, 1.54) is 6.07 Å². The molecular formula is C15H19Al2F3NOP. The summed E-state index contributed by atoms with van der Waals surface area (Å²) in [6.07, 6.45) is -4.37. The van der Waals surface area contributed by atoms with Crippen LogP contribution in [-0.4, -0.2) is 57.1 Å². The van der Waals surface area contributed by atoms with Crippen LogP contribution in [0.3, 0.4) is 0 Å². The van der Waals surface area contributed by atoms with Crippen LogP contribution >= 0.6 is 9.24 Å². The molecule has 1 aliphatic rings. The Balaban J connectivity index is 0.00000155. The number of hydrogen-bond acceptors (Lipinski definition) is 2. The van der Waals surface area contributed by atoms with Crippen molar-refractivity contribution in [3.63, 3.8) is 0 Å². The van der Waals surface area contributed by atoms with Crippen molar-refractivity contribution in [1.82, 2.24) is 0 Å². The maximum atomic E-state index is 12.8. The molecule has 1 aliphatic heterocycles. The molecule has 122 valence electrons. The molecule has 1 aromatic carbocycles. The molecule has 1 unspecified atom stereocenters. The van der Waals surface area contributed by atoms with Gasteiger partial charge in [0.15, 0.2) is 0 Å². The van der Waals surface area contributed by atoms with Crippen LogP contribution in [0.1, 0.15) is 31.9 Å². The Morgan fingerprint density at radius 2 is 1.83 bits per heavy atom. The van der Waals surface area contributed by atoms with Gasteiger partial charge in [-0.15, -0.1) is 9.24 Å². The number of nitrogens with zero attached hydrogens (tertiary/aromatic N) is 1. The molecule has 0 saturated carbocycles. The Bertz CT molecular complexity index is 571. The second-order valence-electron chi connectivity index (χ2n) is 5.93. The van der Waals surface area contributed by atoms with E-state index in [-0.39, 0.29) is 28.8 Å². The maximum absolute atomic E-state index is 12.8. The minimum absolute atomic E-state index is 0. The number of ether oxygens (including phenoxy) is 1. The fourth-order valence-corrected chi connectivity index (χ4v) is 2.19. The van der Waals surface area contributed by atoms with Crippen LogP contribution in [-0.2, 0) is 10.9 Å². The fourth-order valence-electron chi connectivity index (χ4n) is 1.88. The number of benzene rings is 1. The monoisotopic (exact) mass is 371 g/mol. The quantitative estimate of drug-likeness (QED) is 0.550. The molecule has 8 heteroatoms. The first-order valence-corrected chi connectivity index (χ1v) is 8.07. The third-order valence-corrected chi connectivity index (χ3v) is 3.77. The summed E-state index contributed by atoms with van der Waals surface area (Å²) in [5.41, 5.74) is -0.384. The average Bonchev–Trinajstić information content (AvgIpc) is 2.89. The van der Waals surface area contributed by atoms with Crippen LogP contribution in [0, 0.1) is 5.41 Å². The van der Waals surface area contributed by atoms with E-state index in [1.54, 1.807) is 0 Å². The molecular weight excluding hydrogens is 352 g/mol. The van der Waals surface area contributed by atoms with E-state index in [1.807, 2.05) is 20.8 Å². The van der Waals surface area contributed by atoms with Crippen LogP contribution in [0.15, 0.2) is 23.2 Å². The molecule has 4 radical (unpaired) electrons. The van der Waals surface area contributed by atoms with Crippen molar-refractivity contribution >= 4 is 59.0 Å². The van der Waals surface area contributed by atoms with Crippen molar-refractivity contribution in [3.05, 3.63) is 29.3 Å². The first-order valence-electron chi connectivity index (χ1n) is 6.67. The minimum atomic E-state index is -4.37. The Hall–Kier alpha value is -0.155. The average molecular weight is 371 g/mol. The molecule has 0 amide bonds. The second-order valence-corrected chi connectivity index (χ2v) is 6.55. The van der Waals surface area contributed by atoms with Crippen molar-refractivity contribution < 1.29 is 17.9 Å². The number of halogens is 3. The van der Waals surface area contributed by atoms with Gasteiger partial charge < -0.3 is 4.74 Å². The van der Waals surface area contributed by atoms with Crippen LogP contribution in [0.5, 0.6) is 0 Å². The van der Waals surface area contributed by atoms with E-state index >= 15 is 0 Å². The van der Waals surface area contributed by atoms with Crippen LogP contribution in [0.25, 0.3) is 0 Å². The van der Waals surface area contributed by atoms with Gasteiger partial charge in [-0.2, -0.15) is 13.2 Å². The number of alkyl halides is 3. The molecule has 0 bridgehead atoms. The summed E-state index contributed by atoms with van der Waals surface area (Å²) >= 11 is 2.17. The normalized spacial score (nSPS) is 17.3. The molecule has 1 heterocycles. The van der Waals surface area contributed by atoms with E-state index in [2.05, 4.69) is 35.5 Å². The molecule has 23 heavy (non-hydrogen) atoms. The van der Waals surface area contributed by atoms with Gasteiger partial charge in [0.05, 0.1) is 11.6 Å². The Kier molecular flexibility index (Phi) is 8.74. The van der Waals surface area contributed by atoms with Gasteiger partial charge in [0, 0.05) is 22.9 Å². The Morgan fingerprint density at radius 3 is 2.26 bits per heavy atom. The zero-order valence-electron chi connectivity index (χ0n) is 13.4. The van der Waals surface area contributed by atoms with Gasteiger partial charge in [-0.3, -0.25) is 0 Å². The third-order valence-electron chi connectivity index (χ3n) is 3.26. The molecule has 0 aliphatic carbocycles. The summed E-state index contributed by atoms with van der Waals surface area (Å²) in [5, 5.41) is 3.81. The molecule has 0 spiro atoms. The SMILES string of the molecule is CC(C)(C)[C@H]1COC(c2cc(C(F)(F)F)ccc2P)=N1.[Al].[CH2]=[Al]. The Morgan fingerprint density at radius 1 is 1.26 bits per heavy atom. The van der Waals surface area contributed by atoms with Gasteiger partial charge in [0.25, 0.3) is 0 Å². The van der Waals surface area contributed by atoms with Crippen LogP contribution < -0.4 is 5.30 Å². The number of rotatable bonds is 1. The molecule has 0 N–H and O–H groups in total. The van der Waals surface area contributed by atoms with Crippen molar-refractivity contribution in [3.8, 4) is 0 Å². The summed E-state index contributed by atoms with van der Waals surface area (Å²) in [4.78, 5) is 4.43. The van der Waals surface area contributed by atoms with Gasteiger partial charge >= 0.3 is 27.4 Å². The predicted octanol–water partition coefficient (Wildman–Crippen LogP) is 2.60. The van der Waals surface area contributed by atoms with E-state index in [0.29, 0.717) is 23.4 Å². The van der Waals surface area contributed by atoms with Gasteiger partial charge in [-0.05, 0) is 22.9 Å². The summed E-state index contributed by atoms with van der Waals surface area (Å²) < 4.78 is 43.8. The van der Waals surface area contributed by atoms with E-state index in [0.717, 1.165) is 12.1 Å². The zero-order valence-corrected chi connectivity index (χ0v) is 16.9. The predicted molar refractivity (Wildman–Crippen MR) is 95.1 cm³/mol. The fraction of sp³-hybridized carbons (Fsp3) is 0.467.